The Kier molecular flexibility index (Phi) is 12.3. The van der Waals surface area contributed by atoms with Gasteiger partial charge in [0.1, 0.15) is 39.6 Å². The fourth-order valence-corrected chi connectivity index (χ4v) is 13.8. The Morgan fingerprint density at radius 1 is 0.489 bits per heavy atom. The zero-order valence-corrected chi connectivity index (χ0v) is 50.3. The van der Waals surface area contributed by atoms with Gasteiger partial charge in [-0.2, -0.15) is 0 Å². The van der Waals surface area contributed by atoms with Gasteiger partial charge >= 0.3 is 0 Å². The van der Waals surface area contributed by atoms with Crippen LogP contribution >= 0.6 is 0 Å². The van der Waals surface area contributed by atoms with E-state index in [0.717, 1.165) is 151 Å². The fraction of sp³-hybridized carbons (Fsp3) is 0.0843. The van der Waals surface area contributed by atoms with E-state index in [1.807, 2.05) is 36.5 Å². The van der Waals surface area contributed by atoms with Gasteiger partial charge in [-0.25, -0.2) is 4.98 Å². The molecule has 5 aromatic heterocycles. The van der Waals surface area contributed by atoms with E-state index in [2.05, 4.69) is 284 Å². The predicted molar refractivity (Wildman–Crippen MR) is 368 cm³/mol. The number of ether oxygens (including phenoxy) is 1. The Labute approximate surface area is 520 Å². The summed E-state index contributed by atoms with van der Waals surface area (Å²) in [5.74, 6) is 2.49. The molecule has 7 nitrogen and oxygen atoms in total. The molecular weight excluding hydrogens is 1100 g/mol. The van der Waals surface area contributed by atoms with Crippen LogP contribution in [0.2, 0.25) is 0 Å². The summed E-state index contributed by atoms with van der Waals surface area (Å²) in [4.78, 5) is 4.95. The van der Waals surface area contributed by atoms with Crippen LogP contribution in [0.1, 0.15) is 49.8 Å². The third-order valence-corrected chi connectivity index (χ3v) is 18.2. The summed E-state index contributed by atoms with van der Waals surface area (Å²) in [6, 6.07) is 86.9. The zero-order valence-electron chi connectivity index (χ0n) is 50.3. The molecule has 0 radical (unpaired) electrons. The van der Waals surface area contributed by atoms with E-state index in [4.69, 9.17) is 18.6 Å². The van der Waals surface area contributed by atoms with E-state index in [0.29, 0.717) is 5.75 Å². The highest BCUT2D eigenvalue weighted by Gasteiger charge is 2.26. The van der Waals surface area contributed by atoms with Crippen LogP contribution in [-0.2, 0) is 5.41 Å². The number of aryl methyl sites for hydroxylation is 1. The number of pyridine rings is 1. The van der Waals surface area contributed by atoms with Crippen LogP contribution in [0, 0.1) is 13.3 Å². The lowest BCUT2D eigenvalue weighted by molar-refractivity contribution is -0.571. The number of rotatable bonds is 10. The number of fused-ring (bicyclic) bond motifs is 10. The van der Waals surface area contributed by atoms with Gasteiger partial charge in [0.25, 0.3) is 6.33 Å². The van der Waals surface area contributed by atoms with Crippen molar-refractivity contribution in [3.05, 3.63) is 296 Å². The number of allylic oxidation sites excluding steroid dienone is 4. The first-order valence-electron chi connectivity index (χ1n) is 30.9. The largest absolute Gasteiger partial charge is 0.458 e. The Balaban J connectivity index is 0.857. The molecule has 0 amide bonds. The minimum atomic E-state index is -0.0455. The maximum absolute atomic E-state index is 6.95. The molecule has 0 fully saturated rings. The van der Waals surface area contributed by atoms with E-state index in [-0.39, 0.29) is 11.3 Å². The Bertz CT molecular complexity index is 5510. The molecule has 17 rings (SSSR count). The highest BCUT2D eigenvalue weighted by Crippen LogP contribution is 2.44. The first-order valence-corrected chi connectivity index (χ1v) is 30.9. The molecule has 0 saturated heterocycles. The smallest absolute Gasteiger partial charge is 0.269 e. The monoisotopic (exact) mass is 1160 g/mol. The molecule has 1 aliphatic carbocycles. The highest BCUT2D eigenvalue weighted by atomic mass is 16.5. The van der Waals surface area contributed by atoms with E-state index in [9.17, 15) is 0 Å². The number of para-hydroxylation sites is 5. The van der Waals surface area contributed by atoms with Gasteiger partial charge in [0.15, 0.2) is 0 Å². The lowest BCUT2D eigenvalue weighted by Crippen LogP contribution is -2.32. The second kappa shape index (κ2) is 21.0. The summed E-state index contributed by atoms with van der Waals surface area (Å²) in [6.07, 6.45) is 15.8. The van der Waals surface area contributed by atoms with E-state index < -0.39 is 0 Å². The molecule has 0 spiro atoms. The number of hydrogen-bond donors (Lipinski definition) is 0. The Morgan fingerprint density at radius 3 is 1.86 bits per heavy atom. The van der Waals surface area contributed by atoms with Crippen molar-refractivity contribution in [2.24, 2.45) is 0 Å². The van der Waals surface area contributed by atoms with Gasteiger partial charge in [-0.1, -0.05) is 179 Å². The molecule has 0 saturated carbocycles. The average molecular weight is 1160 g/mol. The minimum absolute atomic E-state index is 0.0455. The number of imidazole rings is 1. The van der Waals surface area contributed by atoms with E-state index >= 15 is 0 Å². The minimum Gasteiger partial charge on any atom is -0.458 e. The third-order valence-electron chi connectivity index (χ3n) is 18.2. The molecule has 430 valence electrons. The van der Waals surface area contributed by atoms with Crippen LogP contribution in [0.25, 0.3) is 138 Å². The second-order valence-electron chi connectivity index (χ2n) is 24.9. The molecule has 1 atom stereocenters. The van der Waals surface area contributed by atoms with Gasteiger partial charge in [-0.15, -0.1) is 0 Å². The van der Waals surface area contributed by atoms with Crippen molar-refractivity contribution in [3.8, 4) is 73.2 Å². The Morgan fingerprint density at radius 2 is 1.11 bits per heavy atom. The van der Waals surface area contributed by atoms with Gasteiger partial charge in [0, 0.05) is 50.5 Å². The van der Waals surface area contributed by atoms with Crippen molar-refractivity contribution >= 4 is 76.7 Å². The predicted octanol–water partition coefficient (Wildman–Crippen LogP) is 21.7. The van der Waals surface area contributed by atoms with Crippen LogP contribution in [0.5, 0.6) is 11.5 Å². The summed E-state index contributed by atoms with van der Waals surface area (Å²) in [5, 5.41) is 6.63. The van der Waals surface area contributed by atoms with Crippen molar-refractivity contribution in [2.75, 3.05) is 0 Å². The molecular formula is C83H60N4O3. The standard InChI is InChI=1S/C83H60N4O3/c1-52-19-16-32-74-81(52)86(51-85(74)60-22-17-23-61(49-60)88-62-37-38-67-66-26-10-13-31-73(66)87(75(67)50-62)80-48-59(41-42-84-80)83(2,3)4)82-64(29-18-30-70(82)65-25-9-8-24-63(65)53-20-6-5-7-21-53)58-44-56(54-35-39-78-71(46-54)68-27-11-14-33-76(68)89-78)43-57(45-58)55-36-40-79-72(47-55)69-28-12-15-34-77(69)90-79/h5-20,22-50,53H,21H2,1-4H3. The van der Waals surface area contributed by atoms with Gasteiger partial charge in [-0.3, -0.25) is 13.7 Å². The second-order valence-corrected chi connectivity index (χ2v) is 24.9. The first kappa shape index (κ1) is 53.0. The highest BCUT2D eigenvalue weighted by molar-refractivity contribution is 6.10. The molecule has 0 aliphatic heterocycles. The zero-order chi connectivity index (χ0) is 60.2. The van der Waals surface area contributed by atoms with Gasteiger partial charge in [-0.05, 0) is 183 Å². The maximum Gasteiger partial charge on any atom is 0.269 e. The maximum atomic E-state index is 6.95. The SMILES string of the molecule is Cc1cccc2c1[n+](-c1c(-c3cc(-c4ccc5oc6ccccc6c5c4)cc(-c4ccc5oc6ccccc6c5c4)c3)cccc1-c1ccccc1C1C=CC=CC1)[c-]n2-c1cccc(Oc2ccc3c4ccccc4n(-c4cc(C(C)(C)C)ccn4)c3c2)c1. The molecule has 0 N–H and O–H groups in total. The van der Waals surface area contributed by atoms with Crippen molar-refractivity contribution < 1.29 is 18.1 Å². The third kappa shape index (κ3) is 8.95. The van der Waals surface area contributed by atoms with Crippen LogP contribution in [-0.4, -0.2) is 14.1 Å². The normalized spacial score (nSPS) is 13.5. The molecule has 16 aromatic rings. The number of furan rings is 2. The van der Waals surface area contributed by atoms with Crippen LogP contribution < -0.4 is 9.30 Å². The molecule has 5 heterocycles. The fourth-order valence-electron chi connectivity index (χ4n) is 13.8. The van der Waals surface area contributed by atoms with Gasteiger partial charge in [0.05, 0.1) is 33.4 Å². The number of benzene rings is 11. The lowest BCUT2D eigenvalue weighted by atomic mass is 9.84. The summed E-state index contributed by atoms with van der Waals surface area (Å²) >= 11 is 0. The quantitative estimate of drug-likeness (QED) is 0.101. The van der Waals surface area contributed by atoms with Crippen molar-refractivity contribution in [2.45, 2.75) is 45.4 Å². The number of hydrogen-bond acceptors (Lipinski definition) is 4. The lowest BCUT2D eigenvalue weighted by Gasteiger charge is -2.23. The first-order chi connectivity index (χ1) is 44.1. The number of nitrogens with zero attached hydrogens (tertiary/aromatic N) is 4. The average Bonchev–Trinajstić information content (AvgIpc) is 1.55. The molecule has 90 heavy (non-hydrogen) atoms. The van der Waals surface area contributed by atoms with Crippen molar-refractivity contribution in [1.29, 1.82) is 0 Å². The van der Waals surface area contributed by atoms with Crippen LogP contribution in [0.15, 0.2) is 282 Å². The van der Waals surface area contributed by atoms with Gasteiger partial charge in [0.2, 0.25) is 0 Å². The number of aromatic nitrogens is 4. The molecule has 1 aliphatic rings. The summed E-state index contributed by atoms with van der Waals surface area (Å²) in [7, 11) is 0. The van der Waals surface area contributed by atoms with E-state index in [1.54, 1.807) is 0 Å². The molecule has 0 bridgehead atoms. The summed E-state index contributed by atoms with van der Waals surface area (Å²) < 4.78 is 26.5. The Hall–Kier alpha value is -11.3. The summed E-state index contributed by atoms with van der Waals surface area (Å²) in [5.41, 5.74) is 21.9. The van der Waals surface area contributed by atoms with Gasteiger partial charge < -0.3 is 13.6 Å². The topological polar surface area (TPSA) is 62.1 Å². The van der Waals surface area contributed by atoms with Crippen LogP contribution in [0.3, 0.4) is 0 Å². The molecule has 11 aromatic carbocycles. The van der Waals surface area contributed by atoms with Crippen LogP contribution in [0.4, 0.5) is 0 Å². The molecule has 7 heteroatoms. The van der Waals surface area contributed by atoms with Crippen molar-refractivity contribution in [3.63, 3.8) is 0 Å². The molecule has 1 unspecified atom stereocenters. The summed E-state index contributed by atoms with van der Waals surface area (Å²) in [6.45, 7) is 8.93. The van der Waals surface area contributed by atoms with Crippen molar-refractivity contribution in [1.82, 2.24) is 14.1 Å². The van der Waals surface area contributed by atoms with E-state index in [1.165, 1.54) is 16.7 Å².